The monoisotopic (exact) mass is 309 g/mol. The van der Waals surface area contributed by atoms with E-state index in [2.05, 4.69) is 12.2 Å². The second kappa shape index (κ2) is 5.66. The standard InChI is InChI=1S/C15H17Cl2N3/c1-2-20-15-12(5-3-4-8-18-15)14(19-20)11-7-6-10(16)9-13(11)17/h6-7,9,18H,2-5,8H2,1H3. The van der Waals surface area contributed by atoms with Crippen molar-refractivity contribution in [2.45, 2.75) is 32.7 Å². The third-order valence-electron chi connectivity index (χ3n) is 3.68. The van der Waals surface area contributed by atoms with Gasteiger partial charge in [0.25, 0.3) is 0 Å². The Hall–Kier alpha value is -1.19. The summed E-state index contributed by atoms with van der Waals surface area (Å²) in [5.74, 6) is 1.14. The summed E-state index contributed by atoms with van der Waals surface area (Å²) in [5, 5.41) is 9.54. The lowest BCUT2D eigenvalue weighted by atomic mass is 10.0. The zero-order valence-electron chi connectivity index (χ0n) is 11.4. The minimum absolute atomic E-state index is 0.651. The molecule has 1 aliphatic rings. The molecular weight excluding hydrogens is 293 g/mol. The van der Waals surface area contributed by atoms with Crippen LogP contribution < -0.4 is 5.32 Å². The van der Waals surface area contributed by atoms with E-state index in [1.54, 1.807) is 6.07 Å². The molecule has 106 valence electrons. The molecule has 3 rings (SSSR count). The Kier molecular flexibility index (Phi) is 3.90. The zero-order chi connectivity index (χ0) is 14.1. The van der Waals surface area contributed by atoms with E-state index >= 15 is 0 Å². The molecule has 1 aliphatic heterocycles. The third kappa shape index (κ3) is 2.40. The van der Waals surface area contributed by atoms with Crippen molar-refractivity contribution in [2.24, 2.45) is 0 Å². The van der Waals surface area contributed by atoms with Gasteiger partial charge in [0.2, 0.25) is 0 Å². The van der Waals surface area contributed by atoms with E-state index in [9.17, 15) is 0 Å². The molecule has 0 aliphatic carbocycles. The van der Waals surface area contributed by atoms with Gasteiger partial charge in [0.1, 0.15) is 5.82 Å². The van der Waals surface area contributed by atoms with Gasteiger partial charge in [0, 0.05) is 29.2 Å². The molecule has 2 aromatic rings. The van der Waals surface area contributed by atoms with Crippen LogP contribution in [-0.4, -0.2) is 16.3 Å². The lowest BCUT2D eigenvalue weighted by molar-refractivity contribution is 0.665. The fourth-order valence-corrected chi connectivity index (χ4v) is 3.19. The van der Waals surface area contributed by atoms with Crippen LogP contribution in [0.4, 0.5) is 5.82 Å². The van der Waals surface area contributed by atoms with Crippen LogP contribution in [0.5, 0.6) is 0 Å². The maximum atomic E-state index is 6.35. The Balaban J connectivity index is 2.16. The molecule has 0 atom stereocenters. The molecule has 0 bridgehead atoms. The van der Waals surface area contributed by atoms with E-state index < -0.39 is 0 Å². The molecule has 0 saturated carbocycles. The number of rotatable bonds is 2. The summed E-state index contributed by atoms with van der Waals surface area (Å²) < 4.78 is 2.03. The van der Waals surface area contributed by atoms with Crippen molar-refractivity contribution in [3.05, 3.63) is 33.8 Å². The summed E-state index contributed by atoms with van der Waals surface area (Å²) in [7, 11) is 0. The summed E-state index contributed by atoms with van der Waals surface area (Å²) in [5.41, 5.74) is 3.22. The van der Waals surface area contributed by atoms with Gasteiger partial charge in [-0.25, -0.2) is 4.68 Å². The van der Waals surface area contributed by atoms with Crippen LogP contribution >= 0.6 is 23.2 Å². The lowest BCUT2D eigenvalue weighted by Gasteiger charge is -2.06. The highest BCUT2D eigenvalue weighted by Gasteiger charge is 2.21. The molecule has 0 saturated heterocycles. The fourth-order valence-electron chi connectivity index (χ4n) is 2.69. The smallest absolute Gasteiger partial charge is 0.128 e. The SMILES string of the molecule is CCn1nc(-c2ccc(Cl)cc2Cl)c2c1NCCCC2. The van der Waals surface area contributed by atoms with Crippen molar-refractivity contribution < 1.29 is 0 Å². The Morgan fingerprint density at radius 2 is 2.15 bits per heavy atom. The van der Waals surface area contributed by atoms with E-state index in [1.807, 2.05) is 16.8 Å². The van der Waals surface area contributed by atoms with Crippen LogP contribution in [0.3, 0.4) is 0 Å². The Morgan fingerprint density at radius 3 is 2.90 bits per heavy atom. The van der Waals surface area contributed by atoms with Gasteiger partial charge in [0.05, 0.1) is 10.7 Å². The number of aromatic nitrogens is 2. The minimum Gasteiger partial charge on any atom is -0.370 e. The van der Waals surface area contributed by atoms with Crippen molar-refractivity contribution in [1.82, 2.24) is 9.78 Å². The average molecular weight is 310 g/mol. The number of anilines is 1. The lowest BCUT2D eigenvalue weighted by Crippen LogP contribution is -2.07. The van der Waals surface area contributed by atoms with E-state index in [0.717, 1.165) is 36.6 Å². The average Bonchev–Trinajstić information content (AvgIpc) is 2.60. The van der Waals surface area contributed by atoms with Crippen molar-refractivity contribution in [2.75, 3.05) is 11.9 Å². The van der Waals surface area contributed by atoms with E-state index in [-0.39, 0.29) is 0 Å². The van der Waals surface area contributed by atoms with Crippen LogP contribution in [-0.2, 0) is 13.0 Å². The van der Waals surface area contributed by atoms with Gasteiger partial charge >= 0.3 is 0 Å². The number of nitrogens with one attached hydrogen (secondary N) is 1. The molecule has 2 heterocycles. The van der Waals surface area contributed by atoms with E-state index in [0.29, 0.717) is 10.0 Å². The van der Waals surface area contributed by atoms with Gasteiger partial charge in [-0.05, 0) is 44.4 Å². The largest absolute Gasteiger partial charge is 0.370 e. The van der Waals surface area contributed by atoms with Crippen LogP contribution in [0.2, 0.25) is 10.0 Å². The molecule has 1 N–H and O–H groups in total. The molecule has 0 amide bonds. The first kappa shape index (κ1) is 13.8. The molecule has 0 unspecified atom stereocenters. The highest BCUT2D eigenvalue weighted by molar-refractivity contribution is 6.36. The Bertz CT molecular complexity index is 634. The van der Waals surface area contributed by atoms with Crippen molar-refractivity contribution in [1.29, 1.82) is 0 Å². The predicted octanol–water partition coefficient (Wildman–Crippen LogP) is 4.63. The number of fused-ring (bicyclic) bond motifs is 1. The van der Waals surface area contributed by atoms with Crippen LogP contribution in [0.25, 0.3) is 11.3 Å². The van der Waals surface area contributed by atoms with Gasteiger partial charge in [-0.2, -0.15) is 5.10 Å². The van der Waals surface area contributed by atoms with Crippen LogP contribution in [0.1, 0.15) is 25.3 Å². The predicted molar refractivity (Wildman–Crippen MR) is 84.8 cm³/mol. The molecule has 3 nitrogen and oxygen atoms in total. The molecule has 0 spiro atoms. The maximum Gasteiger partial charge on any atom is 0.128 e. The highest BCUT2D eigenvalue weighted by atomic mass is 35.5. The number of benzene rings is 1. The number of hydrogen-bond donors (Lipinski definition) is 1. The van der Waals surface area contributed by atoms with Gasteiger partial charge in [-0.3, -0.25) is 0 Å². The van der Waals surface area contributed by atoms with Gasteiger partial charge in [-0.1, -0.05) is 23.2 Å². The molecule has 0 fully saturated rings. The normalized spacial score (nSPS) is 14.6. The van der Waals surface area contributed by atoms with Gasteiger partial charge in [0.15, 0.2) is 0 Å². The Labute approximate surface area is 128 Å². The molecule has 5 heteroatoms. The molecule has 1 aromatic heterocycles. The summed E-state index contributed by atoms with van der Waals surface area (Å²) in [6.07, 6.45) is 3.40. The zero-order valence-corrected chi connectivity index (χ0v) is 12.9. The summed E-state index contributed by atoms with van der Waals surface area (Å²) in [6, 6.07) is 5.60. The third-order valence-corrected chi connectivity index (χ3v) is 4.23. The first-order chi connectivity index (χ1) is 9.70. The number of halogens is 2. The summed E-state index contributed by atoms with van der Waals surface area (Å²) in [6.45, 7) is 3.96. The number of hydrogen-bond acceptors (Lipinski definition) is 2. The fraction of sp³-hybridized carbons (Fsp3) is 0.400. The van der Waals surface area contributed by atoms with Crippen LogP contribution in [0.15, 0.2) is 18.2 Å². The van der Waals surface area contributed by atoms with Crippen molar-refractivity contribution in [3.8, 4) is 11.3 Å². The topological polar surface area (TPSA) is 29.9 Å². The maximum absolute atomic E-state index is 6.35. The summed E-state index contributed by atoms with van der Waals surface area (Å²) >= 11 is 12.3. The summed E-state index contributed by atoms with van der Waals surface area (Å²) in [4.78, 5) is 0. The second-order valence-corrected chi connectivity index (χ2v) is 5.84. The van der Waals surface area contributed by atoms with Gasteiger partial charge in [-0.15, -0.1) is 0 Å². The quantitative estimate of drug-likeness (QED) is 0.877. The highest BCUT2D eigenvalue weighted by Crippen LogP contribution is 2.36. The molecule has 0 radical (unpaired) electrons. The molecular formula is C15H17Cl2N3. The number of aryl methyl sites for hydroxylation is 1. The molecule has 20 heavy (non-hydrogen) atoms. The van der Waals surface area contributed by atoms with E-state index in [1.165, 1.54) is 18.4 Å². The number of nitrogens with zero attached hydrogens (tertiary/aromatic N) is 2. The molecule has 1 aromatic carbocycles. The minimum atomic E-state index is 0.651. The van der Waals surface area contributed by atoms with Gasteiger partial charge < -0.3 is 5.32 Å². The Morgan fingerprint density at radius 1 is 1.30 bits per heavy atom. The van der Waals surface area contributed by atoms with Crippen molar-refractivity contribution >= 4 is 29.0 Å². The van der Waals surface area contributed by atoms with E-state index in [4.69, 9.17) is 28.3 Å². The first-order valence-electron chi connectivity index (χ1n) is 6.99. The van der Waals surface area contributed by atoms with Crippen LogP contribution in [0, 0.1) is 0 Å². The second-order valence-electron chi connectivity index (χ2n) is 5.00. The first-order valence-corrected chi connectivity index (χ1v) is 7.75. The van der Waals surface area contributed by atoms with Crippen molar-refractivity contribution in [3.63, 3.8) is 0 Å².